The van der Waals surface area contributed by atoms with Gasteiger partial charge in [-0.3, -0.25) is 19.3 Å². The van der Waals surface area contributed by atoms with Gasteiger partial charge in [-0.15, -0.1) is 0 Å². The van der Waals surface area contributed by atoms with E-state index in [1.54, 1.807) is 14.1 Å². The summed E-state index contributed by atoms with van der Waals surface area (Å²) in [5.74, 6) is -1.63. The quantitative estimate of drug-likeness (QED) is 0.554. The Morgan fingerprint density at radius 2 is 1.76 bits per heavy atom. The van der Waals surface area contributed by atoms with Crippen LogP contribution in [0.1, 0.15) is 12.8 Å². The monoisotopic (exact) mass is 245 g/mol. The first-order chi connectivity index (χ1) is 7.82. The topological polar surface area (TPSA) is 104 Å². The minimum atomic E-state index is -1.02. The minimum Gasteiger partial charge on any atom is -0.480 e. The van der Waals surface area contributed by atoms with E-state index in [2.05, 4.69) is 0 Å². The van der Waals surface area contributed by atoms with Crippen LogP contribution in [0.3, 0.4) is 0 Å². The molecule has 98 valence electrons. The Bertz CT molecular complexity index is 275. The molecular formula is C10H19N3O4. The van der Waals surface area contributed by atoms with E-state index in [1.807, 2.05) is 0 Å². The Morgan fingerprint density at radius 3 is 2.18 bits per heavy atom. The van der Waals surface area contributed by atoms with Gasteiger partial charge in [0.15, 0.2) is 0 Å². The lowest BCUT2D eigenvalue weighted by molar-refractivity contribution is -0.138. The van der Waals surface area contributed by atoms with Crippen LogP contribution in [0.5, 0.6) is 0 Å². The van der Waals surface area contributed by atoms with Gasteiger partial charge in [0.1, 0.15) is 0 Å². The third-order valence-corrected chi connectivity index (χ3v) is 2.10. The van der Waals surface area contributed by atoms with E-state index < -0.39 is 11.9 Å². The second-order valence-corrected chi connectivity index (χ2v) is 3.96. The van der Waals surface area contributed by atoms with Gasteiger partial charge in [-0.2, -0.15) is 0 Å². The lowest BCUT2D eigenvalue weighted by Crippen LogP contribution is -2.38. The molecule has 0 aliphatic rings. The highest BCUT2D eigenvalue weighted by Gasteiger charge is 2.13. The Kier molecular flexibility index (Phi) is 6.88. The first-order valence-electron chi connectivity index (χ1n) is 5.25. The van der Waals surface area contributed by atoms with E-state index in [1.165, 1.54) is 9.80 Å². The number of aliphatic carboxylic acids is 1. The number of carbonyl (C=O) groups excluding carboxylic acids is 2. The summed E-state index contributed by atoms with van der Waals surface area (Å²) in [7, 11) is 3.31. The fourth-order valence-corrected chi connectivity index (χ4v) is 1.30. The number of hydrogen-bond acceptors (Lipinski definition) is 4. The van der Waals surface area contributed by atoms with Crippen LogP contribution in [0.25, 0.3) is 0 Å². The molecule has 0 rings (SSSR count). The Hall–Kier alpha value is -1.63. The van der Waals surface area contributed by atoms with E-state index >= 15 is 0 Å². The summed E-state index contributed by atoms with van der Waals surface area (Å²) < 4.78 is 0. The van der Waals surface area contributed by atoms with Crippen molar-refractivity contribution in [2.24, 2.45) is 5.73 Å². The maximum Gasteiger partial charge on any atom is 0.317 e. The summed E-state index contributed by atoms with van der Waals surface area (Å²) in [6, 6.07) is 0. The van der Waals surface area contributed by atoms with E-state index in [9.17, 15) is 14.4 Å². The van der Waals surface area contributed by atoms with Crippen LogP contribution in [-0.2, 0) is 14.4 Å². The third-order valence-electron chi connectivity index (χ3n) is 2.10. The maximum absolute atomic E-state index is 11.3. The molecule has 0 bridgehead atoms. The van der Waals surface area contributed by atoms with Gasteiger partial charge in [0.2, 0.25) is 11.8 Å². The predicted octanol–water partition coefficient (Wildman–Crippen LogP) is -1.27. The van der Waals surface area contributed by atoms with Crippen molar-refractivity contribution in [1.29, 1.82) is 0 Å². The zero-order valence-electron chi connectivity index (χ0n) is 10.2. The molecule has 0 atom stereocenters. The van der Waals surface area contributed by atoms with Crippen LogP contribution in [0.2, 0.25) is 0 Å². The van der Waals surface area contributed by atoms with E-state index in [0.29, 0.717) is 19.4 Å². The van der Waals surface area contributed by atoms with Crippen LogP contribution in [0.4, 0.5) is 0 Å². The highest BCUT2D eigenvalue weighted by atomic mass is 16.4. The van der Waals surface area contributed by atoms with Crippen molar-refractivity contribution < 1.29 is 19.5 Å². The molecule has 3 N–H and O–H groups in total. The summed E-state index contributed by atoms with van der Waals surface area (Å²) in [6.07, 6.45) is 0.819. The molecule has 0 fully saturated rings. The van der Waals surface area contributed by atoms with Gasteiger partial charge >= 0.3 is 5.97 Å². The molecule has 0 unspecified atom stereocenters. The summed E-state index contributed by atoms with van der Waals surface area (Å²) in [4.78, 5) is 35.4. The van der Waals surface area contributed by atoms with Crippen molar-refractivity contribution >= 4 is 17.8 Å². The van der Waals surface area contributed by atoms with E-state index in [0.717, 1.165) is 0 Å². The second-order valence-electron chi connectivity index (χ2n) is 3.96. The maximum atomic E-state index is 11.3. The predicted molar refractivity (Wildman–Crippen MR) is 61.2 cm³/mol. The minimum absolute atomic E-state index is 0.0284. The fraction of sp³-hybridized carbons (Fsp3) is 0.700. The number of carboxylic acid groups (broad SMARTS) is 1. The van der Waals surface area contributed by atoms with Gasteiger partial charge in [0, 0.05) is 20.5 Å². The molecule has 0 radical (unpaired) electrons. The zero-order chi connectivity index (χ0) is 13.4. The summed E-state index contributed by atoms with van der Waals surface area (Å²) in [5, 5.41) is 8.62. The summed E-state index contributed by atoms with van der Waals surface area (Å²) >= 11 is 0. The highest BCUT2D eigenvalue weighted by molar-refractivity contribution is 5.77. The van der Waals surface area contributed by atoms with Crippen molar-refractivity contribution in [1.82, 2.24) is 9.80 Å². The van der Waals surface area contributed by atoms with Crippen molar-refractivity contribution in [3.05, 3.63) is 0 Å². The number of nitrogens with zero attached hydrogens (tertiary/aromatic N) is 2. The lowest BCUT2D eigenvalue weighted by Gasteiger charge is -2.18. The van der Waals surface area contributed by atoms with Crippen molar-refractivity contribution in [2.75, 3.05) is 33.7 Å². The molecule has 0 aromatic heterocycles. The molecule has 17 heavy (non-hydrogen) atoms. The first kappa shape index (κ1) is 15.4. The number of carbonyl (C=O) groups is 3. The Labute approximate surface area is 100 Å². The van der Waals surface area contributed by atoms with Crippen molar-refractivity contribution in [3.63, 3.8) is 0 Å². The molecule has 0 aromatic rings. The van der Waals surface area contributed by atoms with Gasteiger partial charge in [0.25, 0.3) is 0 Å². The third kappa shape index (κ3) is 8.21. The van der Waals surface area contributed by atoms with Crippen molar-refractivity contribution in [3.8, 4) is 0 Å². The summed E-state index contributed by atoms with van der Waals surface area (Å²) in [5.41, 5.74) is 5.00. The average molecular weight is 245 g/mol. The first-order valence-corrected chi connectivity index (χ1v) is 5.25. The molecule has 2 amide bonds. The average Bonchev–Trinajstić information content (AvgIpc) is 2.14. The van der Waals surface area contributed by atoms with E-state index in [4.69, 9.17) is 10.8 Å². The van der Waals surface area contributed by atoms with Gasteiger partial charge in [-0.05, 0) is 13.0 Å². The largest absolute Gasteiger partial charge is 0.480 e. The van der Waals surface area contributed by atoms with Crippen LogP contribution in [0.15, 0.2) is 0 Å². The zero-order valence-corrected chi connectivity index (χ0v) is 10.2. The molecule has 7 nitrogen and oxygen atoms in total. The Morgan fingerprint density at radius 1 is 1.18 bits per heavy atom. The van der Waals surface area contributed by atoms with Gasteiger partial charge in [-0.25, -0.2) is 0 Å². The van der Waals surface area contributed by atoms with Crippen LogP contribution < -0.4 is 5.73 Å². The molecule has 0 aliphatic carbocycles. The van der Waals surface area contributed by atoms with Crippen molar-refractivity contribution in [2.45, 2.75) is 12.8 Å². The normalized spacial score (nSPS) is 10.3. The molecule has 0 aliphatic heterocycles. The van der Waals surface area contributed by atoms with Crippen LogP contribution >= 0.6 is 0 Å². The number of rotatable bonds is 8. The van der Waals surface area contributed by atoms with Crippen LogP contribution in [0, 0.1) is 0 Å². The second kappa shape index (κ2) is 7.61. The molecular weight excluding hydrogens is 226 g/mol. The Balaban J connectivity index is 4.03. The molecule has 0 saturated carbocycles. The smallest absolute Gasteiger partial charge is 0.317 e. The summed E-state index contributed by atoms with van der Waals surface area (Å²) in [6.45, 7) is -0.00360. The molecule has 0 heterocycles. The van der Waals surface area contributed by atoms with Gasteiger partial charge in [-0.1, -0.05) is 0 Å². The standard InChI is InChI=1S/C10H19N3O4/c1-12(2)9(15)4-3-5-13(6-8(11)14)7-10(16)17/h3-7H2,1-2H3,(H2,11,14)(H,16,17). The number of primary amides is 1. The fourth-order valence-electron chi connectivity index (χ4n) is 1.30. The van der Waals surface area contributed by atoms with Gasteiger partial charge in [0.05, 0.1) is 13.1 Å². The van der Waals surface area contributed by atoms with E-state index in [-0.39, 0.29) is 19.0 Å². The molecule has 7 heteroatoms. The number of carboxylic acids is 1. The molecule has 0 spiro atoms. The van der Waals surface area contributed by atoms with Gasteiger partial charge < -0.3 is 15.7 Å². The number of hydrogen-bond donors (Lipinski definition) is 2. The molecule has 0 saturated heterocycles. The lowest BCUT2D eigenvalue weighted by atomic mass is 10.2. The van der Waals surface area contributed by atoms with Crippen LogP contribution in [-0.4, -0.2) is 66.4 Å². The SMILES string of the molecule is CN(C)C(=O)CCCN(CC(N)=O)CC(=O)O. The number of amides is 2. The highest BCUT2D eigenvalue weighted by Crippen LogP contribution is 1.98. The number of nitrogens with two attached hydrogens (primary N) is 1. The molecule has 0 aromatic carbocycles.